The Balaban J connectivity index is 2.03. The van der Waals surface area contributed by atoms with E-state index in [-0.39, 0.29) is 0 Å². The Labute approximate surface area is 120 Å². The molecule has 0 saturated heterocycles. The predicted octanol–water partition coefficient (Wildman–Crippen LogP) is 2.60. The molecular formula is C15H24N4O. The fraction of sp³-hybridized carbons (Fsp3) is 0.600. The normalized spacial score (nSPS) is 11.2. The summed E-state index contributed by atoms with van der Waals surface area (Å²) in [5.74, 6) is 0.853. The Hall–Kier alpha value is -1.62. The molecule has 0 aliphatic carbocycles. The first-order valence-electron chi connectivity index (χ1n) is 7.33. The largest absolute Gasteiger partial charge is 0.359 e. The molecule has 20 heavy (non-hydrogen) atoms. The van der Waals surface area contributed by atoms with Gasteiger partial charge in [-0.15, -0.1) is 0 Å². The number of nitrogens with zero attached hydrogens (tertiary/aromatic N) is 3. The molecule has 0 spiro atoms. The molecule has 0 aliphatic rings. The van der Waals surface area contributed by atoms with Gasteiger partial charge in [-0.3, -0.25) is 4.68 Å². The molecule has 0 radical (unpaired) electrons. The Morgan fingerprint density at radius 2 is 2.10 bits per heavy atom. The molecule has 2 rings (SSSR count). The van der Waals surface area contributed by atoms with E-state index in [4.69, 9.17) is 4.52 Å². The highest BCUT2D eigenvalue weighted by atomic mass is 16.5. The van der Waals surface area contributed by atoms with Gasteiger partial charge in [-0.2, -0.15) is 5.10 Å². The Bertz CT molecular complexity index is 556. The standard InChI is InChI=1S/C15H24N4O/c1-5-7-16-9-13-8-14(20-18-13)10-19-12(4)15(6-2)11(3)17-19/h8,16H,5-7,9-10H2,1-4H3. The van der Waals surface area contributed by atoms with Gasteiger partial charge in [0.15, 0.2) is 5.76 Å². The fourth-order valence-corrected chi connectivity index (χ4v) is 2.45. The van der Waals surface area contributed by atoms with E-state index in [1.807, 2.05) is 10.7 Å². The van der Waals surface area contributed by atoms with Gasteiger partial charge in [0.05, 0.1) is 11.4 Å². The lowest BCUT2D eigenvalue weighted by molar-refractivity contribution is 0.363. The van der Waals surface area contributed by atoms with Gasteiger partial charge in [0.2, 0.25) is 0 Å². The first kappa shape index (κ1) is 14.8. The van der Waals surface area contributed by atoms with Gasteiger partial charge in [0, 0.05) is 18.3 Å². The van der Waals surface area contributed by atoms with Crippen molar-refractivity contribution in [2.24, 2.45) is 0 Å². The van der Waals surface area contributed by atoms with Gasteiger partial charge in [-0.05, 0) is 38.8 Å². The van der Waals surface area contributed by atoms with Gasteiger partial charge < -0.3 is 9.84 Å². The van der Waals surface area contributed by atoms with Crippen LogP contribution in [-0.2, 0) is 19.5 Å². The second-order valence-corrected chi connectivity index (χ2v) is 5.12. The molecule has 2 aromatic rings. The molecule has 0 aromatic carbocycles. The van der Waals surface area contributed by atoms with Crippen molar-refractivity contribution in [3.05, 3.63) is 34.5 Å². The Kier molecular flexibility index (Phi) is 4.95. The highest BCUT2D eigenvalue weighted by Gasteiger charge is 2.12. The highest BCUT2D eigenvalue weighted by molar-refractivity contribution is 5.24. The van der Waals surface area contributed by atoms with Gasteiger partial charge in [-0.25, -0.2) is 0 Å². The number of nitrogens with one attached hydrogen (secondary N) is 1. The number of hydrogen-bond acceptors (Lipinski definition) is 4. The van der Waals surface area contributed by atoms with Gasteiger partial charge in [0.1, 0.15) is 6.54 Å². The van der Waals surface area contributed by atoms with Crippen molar-refractivity contribution >= 4 is 0 Å². The third kappa shape index (κ3) is 3.28. The topological polar surface area (TPSA) is 55.9 Å². The van der Waals surface area contributed by atoms with Crippen LogP contribution in [0.15, 0.2) is 10.6 Å². The van der Waals surface area contributed by atoms with Crippen LogP contribution < -0.4 is 5.32 Å². The highest BCUT2D eigenvalue weighted by Crippen LogP contribution is 2.15. The van der Waals surface area contributed by atoms with Gasteiger partial charge >= 0.3 is 0 Å². The van der Waals surface area contributed by atoms with Gasteiger partial charge in [0.25, 0.3) is 0 Å². The van der Waals surface area contributed by atoms with Crippen LogP contribution in [0.25, 0.3) is 0 Å². The first-order valence-corrected chi connectivity index (χ1v) is 7.33. The summed E-state index contributed by atoms with van der Waals surface area (Å²) >= 11 is 0. The molecule has 5 heteroatoms. The van der Waals surface area contributed by atoms with Crippen LogP contribution in [0, 0.1) is 13.8 Å². The zero-order valence-corrected chi connectivity index (χ0v) is 12.9. The maximum Gasteiger partial charge on any atom is 0.158 e. The van der Waals surface area contributed by atoms with Crippen molar-refractivity contribution in [2.75, 3.05) is 6.54 Å². The zero-order chi connectivity index (χ0) is 14.5. The Morgan fingerprint density at radius 1 is 1.30 bits per heavy atom. The number of aryl methyl sites for hydroxylation is 1. The quantitative estimate of drug-likeness (QED) is 0.790. The summed E-state index contributed by atoms with van der Waals surface area (Å²) in [6, 6.07) is 2.00. The SMILES string of the molecule is CCCNCc1cc(Cn2nc(C)c(CC)c2C)on1. The number of aromatic nitrogens is 3. The molecule has 0 fully saturated rings. The summed E-state index contributed by atoms with van der Waals surface area (Å²) in [6.45, 7) is 10.9. The maximum atomic E-state index is 5.39. The fourth-order valence-electron chi connectivity index (χ4n) is 2.45. The number of hydrogen-bond donors (Lipinski definition) is 1. The van der Waals surface area contributed by atoms with Crippen LogP contribution in [0.3, 0.4) is 0 Å². The predicted molar refractivity (Wildman–Crippen MR) is 78.7 cm³/mol. The van der Waals surface area contributed by atoms with Crippen molar-refractivity contribution in [2.45, 2.75) is 53.6 Å². The summed E-state index contributed by atoms with van der Waals surface area (Å²) < 4.78 is 7.38. The molecule has 0 aliphatic heterocycles. The second-order valence-electron chi connectivity index (χ2n) is 5.12. The molecule has 2 heterocycles. The minimum atomic E-state index is 0.646. The van der Waals surface area contributed by atoms with Crippen molar-refractivity contribution < 1.29 is 4.52 Å². The molecule has 1 N–H and O–H groups in total. The second kappa shape index (κ2) is 6.70. The molecule has 0 atom stereocenters. The van der Waals surface area contributed by atoms with Crippen LogP contribution in [0.1, 0.15) is 48.7 Å². The molecule has 0 bridgehead atoms. The van der Waals surface area contributed by atoms with E-state index in [0.717, 1.165) is 43.1 Å². The van der Waals surface area contributed by atoms with E-state index in [9.17, 15) is 0 Å². The van der Waals surface area contributed by atoms with E-state index in [2.05, 4.69) is 43.3 Å². The van der Waals surface area contributed by atoms with Crippen molar-refractivity contribution in [1.82, 2.24) is 20.3 Å². The average molecular weight is 276 g/mol. The monoisotopic (exact) mass is 276 g/mol. The van der Waals surface area contributed by atoms with Crippen LogP contribution in [0.5, 0.6) is 0 Å². The zero-order valence-electron chi connectivity index (χ0n) is 12.9. The van der Waals surface area contributed by atoms with E-state index in [1.165, 1.54) is 11.3 Å². The van der Waals surface area contributed by atoms with E-state index < -0.39 is 0 Å². The van der Waals surface area contributed by atoms with E-state index in [0.29, 0.717) is 6.54 Å². The maximum absolute atomic E-state index is 5.39. The van der Waals surface area contributed by atoms with Gasteiger partial charge in [-0.1, -0.05) is 19.0 Å². The molecule has 2 aromatic heterocycles. The third-order valence-electron chi connectivity index (χ3n) is 3.53. The molecule has 5 nitrogen and oxygen atoms in total. The van der Waals surface area contributed by atoms with Crippen molar-refractivity contribution in [1.29, 1.82) is 0 Å². The summed E-state index contributed by atoms with van der Waals surface area (Å²) in [7, 11) is 0. The Morgan fingerprint density at radius 3 is 2.75 bits per heavy atom. The summed E-state index contributed by atoms with van der Waals surface area (Å²) in [4.78, 5) is 0. The minimum absolute atomic E-state index is 0.646. The summed E-state index contributed by atoms with van der Waals surface area (Å²) in [5.41, 5.74) is 4.60. The molecule has 110 valence electrons. The van der Waals surface area contributed by atoms with E-state index in [1.54, 1.807) is 0 Å². The minimum Gasteiger partial charge on any atom is -0.359 e. The summed E-state index contributed by atoms with van der Waals surface area (Å²) in [5, 5.41) is 12.0. The lowest BCUT2D eigenvalue weighted by atomic mass is 10.1. The van der Waals surface area contributed by atoms with Crippen LogP contribution in [-0.4, -0.2) is 21.5 Å². The smallest absolute Gasteiger partial charge is 0.158 e. The molecular weight excluding hydrogens is 252 g/mol. The van der Waals surface area contributed by atoms with Crippen LogP contribution in [0.4, 0.5) is 0 Å². The van der Waals surface area contributed by atoms with E-state index >= 15 is 0 Å². The summed E-state index contributed by atoms with van der Waals surface area (Å²) in [6.07, 6.45) is 2.14. The van der Waals surface area contributed by atoms with Crippen molar-refractivity contribution in [3.63, 3.8) is 0 Å². The molecule has 0 saturated carbocycles. The van der Waals surface area contributed by atoms with Crippen LogP contribution in [0.2, 0.25) is 0 Å². The molecule has 0 unspecified atom stereocenters. The van der Waals surface area contributed by atoms with Crippen LogP contribution >= 0.6 is 0 Å². The average Bonchev–Trinajstić information content (AvgIpc) is 2.96. The molecule has 0 amide bonds. The first-order chi connectivity index (χ1) is 9.65. The third-order valence-corrected chi connectivity index (χ3v) is 3.53. The lowest BCUT2D eigenvalue weighted by Gasteiger charge is -2.01. The number of rotatable bonds is 7. The van der Waals surface area contributed by atoms with Crippen molar-refractivity contribution in [3.8, 4) is 0 Å². The lowest BCUT2D eigenvalue weighted by Crippen LogP contribution is -2.13.